The number of nitrogens with zero attached hydrogens (tertiary/aromatic N) is 4. The molecule has 0 unspecified atom stereocenters. The molecule has 7 heteroatoms. The van der Waals surface area contributed by atoms with Gasteiger partial charge in [-0.1, -0.05) is 23.7 Å². The molecule has 1 saturated heterocycles. The molecule has 2 aromatic carbocycles. The van der Waals surface area contributed by atoms with Crippen LogP contribution in [0.4, 0.5) is 17.1 Å². The van der Waals surface area contributed by atoms with Crippen molar-refractivity contribution in [1.82, 2.24) is 4.98 Å². The highest BCUT2D eigenvalue weighted by atomic mass is 35.5. The first-order valence-electron chi connectivity index (χ1n) is 8.41. The first-order valence-corrected chi connectivity index (χ1v) is 8.79. The van der Waals surface area contributed by atoms with Crippen LogP contribution < -0.4 is 9.80 Å². The molecule has 2 heterocycles. The molecule has 0 saturated carbocycles. The third-order valence-corrected chi connectivity index (χ3v) is 4.96. The number of halogens is 1. The zero-order valence-electron chi connectivity index (χ0n) is 14.0. The Bertz CT molecular complexity index is 971. The van der Waals surface area contributed by atoms with E-state index >= 15 is 0 Å². The average molecular weight is 369 g/mol. The SMILES string of the molecule is O=[N+]([O-])c1ccccc1N1CCN(c2ccnc3cc(Cl)ccc23)CC1. The maximum absolute atomic E-state index is 11.3. The summed E-state index contributed by atoms with van der Waals surface area (Å²) in [5.74, 6) is 0. The molecule has 0 amide bonds. The van der Waals surface area contributed by atoms with E-state index in [9.17, 15) is 10.1 Å². The average Bonchev–Trinajstić information content (AvgIpc) is 2.67. The number of para-hydroxylation sites is 2. The van der Waals surface area contributed by atoms with Gasteiger partial charge < -0.3 is 9.80 Å². The lowest BCUT2D eigenvalue weighted by molar-refractivity contribution is -0.384. The molecule has 0 N–H and O–H groups in total. The molecule has 4 rings (SSSR count). The number of nitro benzene ring substituents is 1. The van der Waals surface area contributed by atoms with E-state index in [0.29, 0.717) is 10.7 Å². The maximum Gasteiger partial charge on any atom is 0.292 e. The van der Waals surface area contributed by atoms with Gasteiger partial charge in [0.1, 0.15) is 5.69 Å². The summed E-state index contributed by atoms with van der Waals surface area (Å²) in [6, 6.07) is 14.7. The molecular formula is C19H17ClN4O2. The van der Waals surface area contributed by atoms with Gasteiger partial charge in [-0.15, -0.1) is 0 Å². The van der Waals surface area contributed by atoms with E-state index in [1.807, 2.05) is 36.4 Å². The molecular weight excluding hydrogens is 352 g/mol. The molecule has 0 aliphatic carbocycles. The largest absolute Gasteiger partial charge is 0.367 e. The third-order valence-electron chi connectivity index (χ3n) is 4.72. The van der Waals surface area contributed by atoms with Gasteiger partial charge in [-0.2, -0.15) is 0 Å². The Morgan fingerprint density at radius 1 is 0.962 bits per heavy atom. The summed E-state index contributed by atoms with van der Waals surface area (Å²) >= 11 is 6.07. The van der Waals surface area contributed by atoms with Gasteiger partial charge in [0.2, 0.25) is 0 Å². The fourth-order valence-corrected chi connectivity index (χ4v) is 3.62. The zero-order valence-corrected chi connectivity index (χ0v) is 14.8. The number of benzene rings is 2. The number of fused-ring (bicyclic) bond motifs is 1. The Labute approximate surface area is 155 Å². The quantitative estimate of drug-likeness (QED) is 0.514. The van der Waals surface area contributed by atoms with E-state index < -0.39 is 0 Å². The van der Waals surface area contributed by atoms with Crippen molar-refractivity contribution in [2.45, 2.75) is 0 Å². The Kier molecular flexibility index (Phi) is 4.34. The summed E-state index contributed by atoms with van der Waals surface area (Å²) in [4.78, 5) is 19.7. The van der Waals surface area contributed by atoms with Crippen LogP contribution in [0.3, 0.4) is 0 Å². The predicted molar refractivity (Wildman–Crippen MR) is 104 cm³/mol. The molecule has 132 valence electrons. The zero-order chi connectivity index (χ0) is 18.1. The van der Waals surface area contributed by atoms with E-state index in [0.717, 1.165) is 42.8 Å². The summed E-state index contributed by atoms with van der Waals surface area (Å²) in [5, 5.41) is 13.0. The highest BCUT2D eigenvalue weighted by Crippen LogP contribution is 2.31. The van der Waals surface area contributed by atoms with Crippen LogP contribution in [0.25, 0.3) is 10.9 Å². The van der Waals surface area contributed by atoms with Crippen LogP contribution in [0.5, 0.6) is 0 Å². The van der Waals surface area contributed by atoms with E-state index in [2.05, 4.69) is 14.8 Å². The van der Waals surface area contributed by atoms with Gasteiger partial charge in [0.25, 0.3) is 5.69 Å². The number of pyridine rings is 1. The molecule has 0 bridgehead atoms. The van der Waals surface area contributed by atoms with Crippen molar-refractivity contribution in [3.05, 3.63) is 69.9 Å². The van der Waals surface area contributed by atoms with Crippen molar-refractivity contribution >= 4 is 39.6 Å². The monoisotopic (exact) mass is 368 g/mol. The molecule has 1 fully saturated rings. The van der Waals surface area contributed by atoms with E-state index in [4.69, 9.17) is 11.6 Å². The number of rotatable bonds is 3. The highest BCUT2D eigenvalue weighted by molar-refractivity contribution is 6.31. The molecule has 0 radical (unpaired) electrons. The van der Waals surface area contributed by atoms with Crippen molar-refractivity contribution in [3.8, 4) is 0 Å². The van der Waals surface area contributed by atoms with Crippen LogP contribution in [0, 0.1) is 10.1 Å². The Morgan fingerprint density at radius 3 is 2.38 bits per heavy atom. The van der Waals surface area contributed by atoms with Gasteiger partial charge in [0.15, 0.2) is 0 Å². The lowest BCUT2D eigenvalue weighted by Crippen LogP contribution is -2.46. The molecule has 0 spiro atoms. The van der Waals surface area contributed by atoms with E-state index in [1.54, 1.807) is 18.3 Å². The number of piperazine rings is 1. The van der Waals surface area contributed by atoms with Crippen LogP contribution in [-0.2, 0) is 0 Å². The Morgan fingerprint density at radius 2 is 1.65 bits per heavy atom. The van der Waals surface area contributed by atoms with Crippen LogP contribution in [0.1, 0.15) is 0 Å². The summed E-state index contributed by atoms with van der Waals surface area (Å²) in [5.41, 5.74) is 2.83. The van der Waals surface area contributed by atoms with Crippen LogP contribution in [0.2, 0.25) is 5.02 Å². The van der Waals surface area contributed by atoms with Gasteiger partial charge in [0.05, 0.1) is 10.4 Å². The van der Waals surface area contributed by atoms with Gasteiger partial charge in [0, 0.05) is 54.5 Å². The predicted octanol–water partition coefficient (Wildman–Crippen LogP) is 4.12. The van der Waals surface area contributed by atoms with Gasteiger partial charge >= 0.3 is 0 Å². The summed E-state index contributed by atoms with van der Waals surface area (Å²) in [6.07, 6.45) is 1.79. The minimum absolute atomic E-state index is 0.157. The second kappa shape index (κ2) is 6.80. The lowest BCUT2D eigenvalue weighted by atomic mass is 10.1. The van der Waals surface area contributed by atoms with E-state index in [-0.39, 0.29) is 10.6 Å². The second-order valence-corrected chi connectivity index (χ2v) is 6.65. The van der Waals surface area contributed by atoms with Gasteiger partial charge in [-0.05, 0) is 30.3 Å². The number of hydrogen-bond donors (Lipinski definition) is 0. The fraction of sp³-hybridized carbons (Fsp3) is 0.211. The van der Waals surface area contributed by atoms with Crippen LogP contribution >= 0.6 is 11.6 Å². The first-order chi connectivity index (χ1) is 12.6. The molecule has 26 heavy (non-hydrogen) atoms. The van der Waals surface area contributed by atoms with Crippen LogP contribution in [-0.4, -0.2) is 36.1 Å². The highest BCUT2D eigenvalue weighted by Gasteiger charge is 2.24. The minimum atomic E-state index is -0.318. The maximum atomic E-state index is 11.3. The number of anilines is 2. The number of hydrogen-bond acceptors (Lipinski definition) is 5. The van der Waals surface area contributed by atoms with Crippen molar-refractivity contribution in [3.63, 3.8) is 0 Å². The fourth-order valence-electron chi connectivity index (χ4n) is 3.46. The lowest BCUT2D eigenvalue weighted by Gasteiger charge is -2.37. The Balaban J connectivity index is 1.57. The topological polar surface area (TPSA) is 62.5 Å². The van der Waals surface area contributed by atoms with Crippen molar-refractivity contribution in [2.24, 2.45) is 0 Å². The van der Waals surface area contributed by atoms with E-state index in [1.165, 1.54) is 0 Å². The Hall–Kier alpha value is -2.86. The van der Waals surface area contributed by atoms with Crippen LogP contribution in [0.15, 0.2) is 54.7 Å². The molecule has 0 atom stereocenters. The van der Waals surface area contributed by atoms with Crippen molar-refractivity contribution < 1.29 is 4.92 Å². The molecule has 1 aliphatic rings. The summed E-state index contributed by atoms with van der Waals surface area (Å²) in [7, 11) is 0. The smallest absolute Gasteiger partial charge is 0.292 e. The minimum Gasteiger partial charge on any atom is -0.367 e. The number of nitro groups is 1. The molecule has 3 aromatic rings. The molecule has 6 nitrogen and oxygen atoms in total. The molecule has 1 aromatic heterocycles. The third kappa shape index (κ3) is 3.04. The van der Waals surface area contributed by atoms with Crippen molar-refractivity contribution in [1.29, 1.82) is 0 Å². The number of aromatic nitrogens is 1. The molecule has 1 aliphatic heterocycles. The van der Waals surface area contributed by atoms with Gasteiger partial charge in [-0.3, -0.25) is 15.1 Å². The standard InChI is InChI=1S/C19H17ClN4O2/c20-14-5-6-15-16(13-14)21-8-7-17(15)22-9-11-23(12-10-22)18-3-1-2-4-19(18)24(25)26/h1-8,13H,9-12H2. The summed E-state index contributed by atoms with van der Waals surface area (Å²) in [6.45, 7) is 3.02. The second-order valence-electron chi connectivity index (χ2n) is 6.21. The van der Waals surface area contributed by atoms with Gasteiger partial charge in [-0.25, -0.2) is 0 Å². The first kappa shape index (κ1) is 16.6. The normalized spacial score (nSPS) is 14.7. The summed E-state index contributed by atoms with van der Waals surface area (Å²) < 4.78 is 0. The van der Waals surface area contributed by atoms with Crippen molar-refractivity contribution in [2.75, 3.05) is 36.0 Å².